The van der Waals surface area contributed by atoms with Crippen LogP contribution in [0.15, 0.2) is 16.6 Å². The summed E-state index contributed by atoms with van der Waals surface area (Å²) in [6, 6.07) is 2.92. The van der Waals surface area contributed by atoms with Crippen molar-refractivity contribution in [2.24, 2.45) is 5.73 Å². The van der Waals surface area contributed by atoms with Crippen molar-refractivity contribution < 1.29 is 16.3 Å². The van der Waals surface area contributed by atoms with Crippen LogP contribution in [0, 0.1) is 0 Å². The van der Waals surface area contributed by atoms with Crippen molar-refractivity contribution in [2.75, 3.05) is 20.6 Å². The number of aryl methyl sites for hydroxylation is 1. The molecule has 78 valence electrons. The summed E-state index contributed by atoms with van der Waals surface area (Å²) in [7, 11) is -1.15. The lowest BCUT2D eigenvalue weighted by Crippen LogP contribution is -2.04. The van der Waals surface area contributed by atoms with E-state index in [0.29, 0.717) is 15.8 Å². The maximum Gasteiger partial charge on any atom is 0.133 e. The third-order valence-electron chi connectivity index (χ3n) is 1.74. The second-order valence-corrected chi connectivity index (χ2v) is 3.43. The van der Waals surface area contributed by atoms with Crippen molar-refractivity contribution >= 4 is 15.9 Å². The molecule has 0 atom stereocenters. The highest BCUT2D eigenvalue weighted by atomic mass is 79.9. The average molecular weight is 265 g/mol. The molecule has 0 bridgehead atoms. The second-order valence-electron chi connectivity index (χ2n) is 2.58. The summed E-state index contributed by atoms with van der Waals surface area (Å²) in [4.78, 5) is 0. The fourth-order valence-corrected chi connectivity index (χ4v) is 1.50. The van der Waals surface area contributed by atoms with Crippen LogP contribution in [0.3, 0.4) is 0 Å². The van der Waals surface area contributed by atoms with E-state index in [-0.39, 0.29) is 12.2 Å². The van der Waals surface area contributed by atoms with Gasteiger partial charge in [0.05, 0.1) is 22.7 Å². The number of nitrogens with two attached hydrogens (primary N) is 1. The summed E-state index contributed by atoms with van der Waals surface area (Å²) in [5, 5.41) is 0. The molecule has 1 aromatic carbocycles. The van der Waals surface area contributed by atoms with Crippen molar-refractivity contribution in [3.8, 4) is 11.5 Å². The summed E-state index contributed by atoms with van der Waals surface area (Å²) in [6.45, 7) is -1.93. The molecule has 0 unspecified atom stereocenters. The van der Waals surface area contributed by atoms with E-state index in [9.17, 15) is 0 Å². The van der Waals surface area contributed by atoms with Crippen molar-refractivity contribution in [1.82, 2.24) is 0 Å². The summed E-state index contributed by atoms with van der Waals surface area (Å²) < 4.78 is 46.3. The Bertz CT molecular complexity index is 458. The maximum absolute atomic E-state index is 7.37. The molecule has 0 radical (unpaired) electrons. The lowest BCUT2D eigenvalue weighted by atomic mass is 10.1. The Kier molecular flexibility index (Phi) is 2.23. The molecule has 2 N–H and O–H groups in total. The number of rotatable bonds is 4. The van der Waals surface area contributed by atoms with E-state index in [1.54, 1.807) is 0 Å². The zero-order chi connectivity index (χ0) is 14.8. The van der Waals surface area contributed by atoms with Crippen LogP contribution in [0.5, 0.6) is 11.5 Å². The van der Waals surface area contributed by atoms with Crippen molar-refractivity contribution in [2.45, 2.75) is 6.42 Å². The Morgan fingerprint density at radius 2 is 2.29 bits per heavy atom. The summed E-state index contributed by atoms with van der Waals surface area (Å²) in [5.74, 6) is 0.485. The van der Waals surface area contributed by atoms with Crippen LogP contribution in [0.25, 0.3) is 0 Å². The first-order valence-corrected chi connectivity index (χ1v) is 4.65. The van der Waals surface area contributed by atoms with E-state index in [4.69, 9.17) is 22.1 Å². The normalized spacial score (nSPS) is 17.2. The lowest BCUT2D eigenvalue weighted by Gasteiger charge is -2.11. The quantitative estimate of drug-likeness (QED) is 0.905. The van der Waals surface area contributed by atoms with E-state index in [1.807, 2.05) is 0 Å². The smallest absolute Gasteiger partial charge is 0.133 e. The molecule has 0 saturated carbocycles. The zero-order valence-corrected chi connectivity index (χ0v) is 9.22. The zero-order valence-electron chi connectivity index (χ0n) is 12.6. The standard InChI is InChI=1S/C10H14BrNO2/c1-13-9-6-8(11)10(14-2)5-7(9)3-4-12/h5-6H,3-4,12H2,1-2H3/i2D3,4D2. The molecular weight excluding hydrogens is 246 g/mol. The number of benzene rings is 1. The van der Waals surface area contributed by atoms with Gasteiger partial charge in [0.1, 0.15) is 11.5 Å². The molecule has 0 saturated heterocycles. The fourth-order valence-electron chi connectivity index (χ4n) is 1.09. The third kappa shape index (κ3) is 2.39. The lowest BCUT2D eigenvalue weighted by molar-refractivity contribution is 0.397. The molecule has 0 aliphatic heterocycles. The van der Waals surface area contributed by atoms with Crippen LogP contribution >= 0.6 is 15.9 Å². The molecule has 0 aromatic heterocycles. The van der Waals surface area contributed by atoms with Gasteiger partial charge in [-0.25, -0.2) is 0 Å². The van der Waals surface area contributed by atoms with Gasteiger partial charge in [0, 0.05) is 2.74 Å². The maximum atomic E-state index is 7.37. The summed E-state index contributed by atoms with van der Waals surface area (Å²) >= 11 is 3.17. The van der Waals surface area contributed by atoms with E-state index < -0.39 is 13.5 Å². The van der Waals surface area contributed by atoms with Crippen LogP contribution in [0.4, 0.5) is 0 Å². The Morgan fingerprint density at radius 1 is 1.50 bits per heavy atom. The Balaban J connectivity index is 3.18. The minimum absolute atomic E-state index is 0.0834. The van der Waals surface area contributed by atoms with Crippen LogP contribution in [-0.2, 0) is 6.42 Å². The molecule has 1 aromatic rings. The van der Waals surface area contributed by atoms with Gasteiger partial charge in [-0.1, -0.05) is 0 Å². The minimum Gasteiger partial charge on any atom is -0.496 e. The van der Waals surface area contributed by atoms with Crippen LogP contribution < -0.4 is 15.2 Å². The minimum atomic E-state index is -2.59. The van der Waals surface area contributed by atoms with Crippen LogP contribution in [-0.4, -0.2) is 20.6 Å². The van der Waals surface area contributed by atoms with Gasteiger partial charge in [0.15, 0.2) is 0 Å². The van der Waals surface area contributed by atoms with Crippen molar-refractivity contribution in [1.29, 1.82) is 0 Å². The van der Waals surface area contributed by atoms with Gasteiger partial charge in [0.25, 0.3) is 0 Å². The van der Waals surface area contributed by atoms with Gasteiger partial charge in [-0.05, 0) is 46.5 Å². The number of hydrogen-bond acceptors (Lipinski definition) is 3. The number of methoxy groups -OCH3 is 2. The van der Waals surface area contributed by atoms with Gasteiger partial charge in [-0.3, -0.25) is 0 Å². The van der Waals surface area contributed by atoms with Gasteiger partial charge in [0.2, 0.25) is 0 Å². The van der Waals surface area contributed by atoms with Crippen molar-refractivity contribution in [3.63, 3.8) is 0 Å². The summed E-state index contributed by atoms with van der Waals surface area (Å²) in [5.41, 5.74) is 5.75. The molecule has 1 rings (SSSR count). The first-order valence-electron chi connectivity index (χ1n) is 6.36. The molecule has 0 spiro atoms. The van der Waals surface area contributed by atoms with E-state index in [2.05, 4.69) is 15.9 Å². The molecule has 0 aliphatic rings. The Hall–Kier alpha value is -0.740. The number of hydrogen-bond donors (Lipinski definition) is 1. The van der Waals surface area contributed by atoms with Crippen LogP contribution in [0.2, 0.25) is 0 Å². The molecular formula is C10H14BrNO2. The molecule has 0 fully saturated rings. The van der Waals surface area contributed by atoms with E-state index in [1.165, 1.54) is 19.2 Å². The van der Waals surface area contributed by atoms with Gasteiger partial charge in [-0.15, -0.1) is 0 Å². The predicted octanol–water partition coefficient (Wildman–Crippen LogP) is 1.97. The number of halogens is 1. The topological polar surface area (TPSA) is 44.5 Å². The monoisotopic (exact) mass is 264 g/mol. The highest BCUT2D eigenvalue weighted by Crippen LogP contribution is 2.32. The molecule has 14 heavy (non-hydrogen) atoms. The first-order chi connectivity index (χ1) is 8.52. The first kappa shape index (κ1) is 5.98. The predicted molar refractivity (Wildman–Crippen MR) is 60.0 cm³/mol. The van der Waals surface area contributed by atoms with Crippen molar-refractivity contribution in [3.05, 3.63) is 22.2 Å². The van der Waals surface area contributed by atoms with E-state index in [0.717, 1.165) is 0 Å². The highest BCUT2D eigenvalue weighted by Gasteiger charge is 2.08. The molecule has 0 amide bonds. The Labute approximate surface area is 99.4 Å². The molecule has 0 heterocycles. The number of ether oxygens (including phenoxy) is 2. The fraction of sp³-hybridized carbons (Fsp3) is 0.400. The van der Waals surface area contributed by atoms with Crippen LogP contribution in [0.1, 0.15) is 12.4 Å². The molecule has 0 aliphatic carbocycles. The Morgan fingerprint density at radius 3 is 2.86 bits per heavy atom. The molecule has 4 heteroatoms. The summed E-state index contributed by atoms with van der Waals surface area (Å²) in [6.07, 6.45) is -0.124. The average Bonchev–Trinajstić information content (AvgIpc) is 2.18. The van der Waals surface area contributed by atoms with Gasteiger partial charge in [-0.2, -0.15) is 0 Å². The highest BCUT2D eigenvalue weighted by molar-refractivity contribution is 9.10. The van der Waals surface area contributed by atoms with Gasteiger partial charge >= 0.3 is 0 Å². The molecule has 3 nitrogen and oxygen atoms in total. The van der Waals surface area contributed by atoms with E-state index >= 15 is 0 Å². The largest absolute Gasteiger partial charge is 0.496 e. The SMILES string of the molecule is [2H]C([2H])(N)Cc1cc(OC([2H])([2H])[2H])c(Br)cc1OC. The van der Waals surface area contributed by atoms with Gasteiger partial charge < -0.3 is 15.2 Å². The third-order valence-corrected chi connectivity index (χ3v) is 2.36. The second kappa shape index (κ2) is 5.22.